The van der Waals surface area contributed by atoms with Crippen LogP contribution in [0.15, 0.2) is 97.0 Å². The molecule has 85 heavy (non-hydrogen) atoms. The van der Waals surface area contributed by atoms with Crippen molar-refractivity contribution in [2.75, 3.05) is 0 Å². The largest absolute Gasteiger partial charge is 0.242 e. The Morgan fingerprint density at radius 2 is 0.365 bits per heavy atom. The van der Waals surface area contributed by atoms with E-state index in [-0.39, 0.29) is 0 Å². The first-order valence-electron chi connectivity index (χ1n) is 24.1. The van der Waals surface area contributed by atoms with Crippen molar-refractivity contribution in [3.8, 4) is 171 Å². The SMILES string of the molecule is [c]1csc(-c2csc(-c3csc(-c4csc(-c5csc(-c6csc(-c7csc(-c8csc(-c9csc(-c%10csc(-c%11csc(-c%12csc(-c%13csc(-c%14csc(-c%15csc(-c%16csc(-c%17cscn%17)n%16)n%15)n%14)n%13)n%12)n%11)n%10)n9)n8)n7)n6)n5)n4)n3)n2)n1. The van der Waals surface area contributed by atoms with Gasteiger partial charge in [0.05, 0.1) is 5.51 Å². The van der Waals surface area contributed by atoms with Gasteiger partial charge in [0.2, 0.25) is 0 Å². The van der Waals surface area contributed by atoms with Gasteiger partial charge in [-0.25, -0.2) is 84.7 Å². The maximum atomic E-state index is 4.97. The molecule has 0 unspecified atom stereocenters. The second kappa shape index (κ2) is 22.5. The third kappa shape index (κ3) is 10.4. The van der Waals surface area contributed by atoms with Crippen molar-refractivity contribution in [2.45, 2.75) is 0 Å². The van der Waals surface area contributed by atoms with E-state index in [1.54, 1.807) is 181 Å². The van der Waals surface area contributed by atoms with Gasteiger partial charge in [0.1, 0.15) is 177 Å². The summed E-state index contributed by atoms with van der Waals surface area (Å²) in [5, 5.41) is 47.5. The number of hydrogen-bond acceptors (Lipinski definition) is 34. The Bertz CT molecular complexity index is 4850. The Hall–Kier alpha value is -6.29. The first-order chi connectivity index (χ1) is 42.0. The zero-order chi connectivity index (χ0) is 56.0. The molecule has 0 fully saturated rings. The van der Waals surface area contributed by atoms with E-state index >= 15 is 0 Å². The molecular formula is C51H18N17S17. The van der Waals surface area contributed by atoms with E-state index in [2.05, 4.69) is 16.2 Å². The highest BCUT2D eigenvalue weighted by Gasteiger charge is 2.23. The average molecular weight is 1410 g/mol. The molecule has 0 aliphatic rings. The molecular weight excluding hydrogens is 1400 g/mol. The van der Waals surface area contributed by atoms with Crippen molar-refractivity contribution in [3.05, 3.63) is 103 Å². The summed E-state index contributed by atoms with van der Waals surface area (Å²) < 4.78 is 0. The van der Waals surface area contributed by atoms with Crippen LogP contribution in [0.2, 0.25) is 0 Å². The molecule has 17 heterocycles. The third-order valence-electron chi connectivity index (χ3n) is 11.9. The highest BCUT2D eigenvalue weighted by atomic mass is 32.2. The summed E-state index contributed by atoms with van der Waals surface area (Å²) in [6.45, 7) is 0. The minimum Gasteiger partial charge on any atom is -0.242 e. The van der Waals surface area contributed by atoms with Gasteiger partial charge in [0, 0.05) is 91.5 Å². The van der Waals surface area contributed by atoms with Crippen LogP contribution in [0, 0.1) is 6.20 Å². The lowest BCUT2D eigenvalue weighted by molar-refractivity contribution is 1.28. The topological polar surface area (TPSA) is 219 Å². The lowest BCUT2D eigenvalue weighted by atomic mass is 10.4. The van der Waals surface area contributed by atoms with Gasteiger partial charge in [-0.3, -0.25) is 0 Å². The average Bonchev–Trinajstić information content (AvgIpc) is 4.55. The molecule has 0 aliphatic heterocycles. The molecule has 17 aromatic heterocycles. The van der Waals surface area contributed by atoms with Crippen molar-refractivity contribution in [1.82, 2.24) is 84.7 Å². The number of nitrogens with zero attached hydrogens (tertiary/aromatic N) is 17. The standard InChI is InChI=1S/C51H18N17S17/c1-2-70-36(52-1)21-4-72-38(54-21)23-6-74-40(56-23)25-8-76-42(58-25)27-10-78-44(60-27)29-12-80-46(62-29)31-14-82-48(64-31)33-16-84-50(66-33)35-18-85-51(68-35)34-17-83-49(67-34)32-15-81-47(65-32)30-13-79-45(63-30)28-11-77-43(61-28)26-9-75-41(59-26)24-7-73-39(57-24)22-5-71-37(55-22)20-3-69-19-53-20/h2-19H. The zero-order valence-corrected chi connectivity index (χ0v) is 55.3. The number of rotatable bonds is 16. The minimum absolute atomic E-state index is 0.798. The van der Waals surface area contributed by atoms with Gasteiger partial charge in [-0.1, -0.05) is 0 Å². The minimum atomic E-state index is 0.798. The fraction of sp³-hybridized carbons (Fsp3) is 0. The smallest absolute Gasteiger partial charge is 0.143 e. The quantitative estimate of drug-likeness (QED) is 0.0878. The lowest BCUT2D eigenvalue weighted by Gasteiger charge is -1.91. The Morgan fingerprint density at radius 3 is 0.518 bits per heavy atom. The van der Waals surface area contributed by atoms with Crippen LogP contribution in [0.5, 0.6) is 0 Å². The Balaban J connectivity index is 0.520. The van der Waals surface area contributed by atoms with Crippen LogP contribution < -0.4 is 0 Å². The Morgan fingerprint density at radius 1 is 0.188 bits per heavy atom. The van der Waals surface area contributed by atoms with Gasteiger partial charge < -0.3 is 0 Å². The van der Waals surface area contributed by atoms with Crippen LogP contribution >= 0.6 is 193 Å². The fourth-order valence-electron chi connectivity index (χ4n) is 7.97. The first kappa shape index (κ1) is 53.0. The van der Waals surface area contributed by atoms with E-state index in [4.69, 9.17) is 74.8 Å². The van der Waals surface area contributed by atoms with Gasteiger partial charge in [-0.2, -0.15) is 0 Å². The molecule has 17 nitrogen and oxygen atoms in total. The van der Waals surface area contributed by atoms with E-state index in [9.17, 15) is 0 Å². The summed E-state index contributed by atoms with van der Waals surface area (Å²) in [6.07, 6.45) is 2.86. The van der Waals surface area contributed by atoms with Crippen LogP contribution in [0.25, 0.3) is 171 Å². The van der Waals surface area contributed by atoms with E-state index in [1.165, 1.54) is 11.3 Å². The summed E-state index contributed by atoms with van der Waals surface area (Å²) in [7, 11) is 0. The van der Waals surface area contributed by atoms with Crippen LogP contribution in [-0.2, 0) is 0 Å². The molecule has 34 heteroatoms. The van der Waals surface area contributed by atoms with Gasteiger partial charge >= 0.3 is 0 Å². The number of aromatic nitrogens is 17. The van der Waals surface area contributed by atoms with Crippen LogP contribution in [-0.4, -0.2) is 84.7 Å². The van der Waals surface area contributed by atoms with Gasteiger partial charge in [0.25, 0.3) is 0 Å². The van der Waals surface area contributed by atoms with Gasteiger partial charge in [0.15, 0.2) is 0 Å². The summed E-state index contributed by atoms with van der Waals surface area (Å²) in [5.74, 6) is 0. The molecule has 0 saturated heterocycles. The fourth-order valence-corrected chi connectivity index (χ4v) is 21.7. The lowest BCUT2D eigenvalue weighted by Crippen LogP contribution is -1.83. The Labute approximate surface area is 545 Å². The maximum Gasteiger partial charge on any atom is 0.143 e. The molecule has 409 valence electrons. The molecule has 0 atom stereocenters. The van der Waals surface area contributed by atoms with Crippen LogP contribution in [0.4, 0.5) is 0 Å². The molecule has 0 saturated carbocycles. The number of hydrogen-bond donors (Lipinski definition) is 0. The summed E-state index contributed by atoms with van der Waals surface area (Å²) in [6, 6.07) is 0. The summed E-state index contributed by atoms with van der Waals surface area (Å²) in [4.78, 5) is 82.4. The molecule has 0 N–H and O–H groups in total. The molecule has 0 bridgehead atoms. The van der Waals surface area contributed by atoms with Gasteiger partial charge in [-0.15, -0.1) is 193 Å². The predicted molar refractivity (Wildman–Crippen MR) is 359 cm³/mol. The molecule has 0 aromatic carbocycles. The maximum absolute atomic E-state index is 4.97. The molecule has 17 aromatic rings. The van der Waals surface area contributed by atoms with Crippen molar-refractivity contribution in [3.63, 3.8) is 0 Å². The monoisotopic (exact) mass is 1410 g/mol. The van der Waals surface area contributed by atoms with Gasteiger partial charge in [-0.05, 0) is 0 Å². The van der Waals surface area contributed by atoms with Crippen molar-refractivity contribution < 1.29 is 0 Å². The summed E-state index contributed by atoms with van der Waals surface area (Å²) in [5.41, 5.74) is 14.9. The van der Waals surface area contributed by atoms with E-state index in [0.717, 1.165) is 171 Å². The zero-order valence-electron chi connectivity index (χ0n) is 41.4. The highest BCUT2D eigenvalue weighted by Crippen LogP contribution is 2.43. The predicted octanol–water partition coefficient (Wildman–Crippen LogP) is 18.9. The first-order valence-corrected chi connectivity index (χ1v) is 39.1. The van der Waals surface area contributed by atoms with E-state index < -0.39 is 0 Å². The van der Waals surface area contributed by atoms with Crippen molar-refractivity contribution >= 4 is 193 Å². The van der Waals surface area contributed by atoms with Crippen molar-refractivity contribution in [1.29, 1.82) is 0 Å². The third-order valence-corrected chi connectivity index (χ3v) is 26.2. The summed E-state index contributed by atoms with van der Waals surface area (Å²) >= 11 is 26.3. The van der Waals surface area contributed by atoms with E-state index in [0.29, 0.717) is 0 Å². The molecule has 0 amide bonds. The second-order valence-corrected chi connectivity index (χ2v) is 31.7. The normalized spacial score (nSPS) is 11.8. The molecule has 17 rings (SSSR count). The number of thiazole rings is 17. The van der Waals surface area contributed by atoms with Crippen LogP contribution in [0.1, 0.15) is 0 Å². The Kier molecular flexibility index (Phi) is 14.0. The van der Waals surface area contributed by atoms with E-state index in [1.807, 2.05) is 97.0 Å². The second-order valence-electron chi connectivity index (χ2n) is 17.2. The molecule has 0 aliphatic carbocycles. The van der Waals surface area contributed by atoms with Crippen LogP contribution in [0.3, 0.4) is 0 Å². The molecule has 0 spiro atoms. The van der Waals surface area contributed by atoms with Crippen molar-refractivity contribution in [2.24, 2.45) is 0 Å². The highest BCUT2D eigenvalue weighted by molar-refractivity contribution is 7.21. The molecule has 1 radical (unpaired) electrons.